The van der Waals surface area contributed by atoms with Crippen molar-refractivity contribution in [3.05, 3.63) is 81.1 Å². The van der Waals surface area contributed by atoms with Crippen LogP contribution in [0.2, 0.25) is 0 Å². The highest BCUT2D eigenvalue weighted by atomic mass is 32.2. The molecular weight excluding hydrogens is 537 g/mol. The molecular formula is C32H40N4O2S2. The molecule has 0 radical (unpaired) electrons. The standard InChI is InChI=1S/C32H40N4O2S2/c1-2-3-4-5-6-7-8-9-10-15-23-36-31(38)27(40-32(36)39)24-26-29(33-21-20-25-17-12-11-13-18-25)34-28-19-14-16-22-35(28)30(26)37/h11-14,16-19,22,24,33H,2-10,15,20-21,23H2,1H3/b27-24+. The lowest BCUT2D eigenvalue weighted by Crippen LogP contribution is -2.29. The number of hydrogen-bond donors (Lipinski definition) is 1. The van der Waals surface area contributed by atoms with Crippen molar-refractivity contribution in [2.75, 3.05) is 18.4 Å². The van der Waals surface area contributed by atoms with E-state index in [1.165, 1.54) is 73.1 Å². The molecule has 1 fully saturated rings. The van der Waals surface area contributed by atoms with E-state index >= 15 is 0 Å². The van der Waals surface area contributed by atoms with Gasteiger partial charge in [-0.05, 0) is 36.6 Å². The molecule has 212 valence electrons. The first kappa shape index (κ1) is 30.0. The van der Waals surface area contributed by atoms with Gasteiger partial charge in [-0.15, -0.1) is 0 Å². The van der Waals surface area contributed by atoms with Crippen molar-refractivity contribution in [2.45, 2.75) is 77.6 Å². The molecule has 3 aromatic rings. The van der Waals surface area contributed by atoms with E-state index in [0.717, 1.165) is 19.3 Å². The molecule has 2 aromatic heterocycles. The smallest absolute Gasteiger partial charge is 0.267 e. The molecule has 1 saturated heterocycles. The lowest BCUT2D eigenvalue weighted by molar-refractivity contribution is -0.122. The molecule has 0 unspecified atom stereocenters. The summed E-state index contributed by atoms with van der Waals surface area (Å²) in [5.74, 6) is 0.353. The van der Waals surface area contributed by atoms with E-state index in [0.29, 0.717) is 39.3 Å². The fraction of sp³-hybridized carbons (Fsp3) is 0.438. The highest BCUT2D eigenvalue weighted by molar-refractivity contribution is 8.26. The predicted molar refractivity (Wildman–Crippen MR) is 172 cm³/mol. The van der Waals surface area contributed by atoms with Crippen molar-refractivity contribution in [1.82, 2.24) is 14.3 Å². The molecule has 1 aromatic carbocycles. The van der Waals surface area contributed by atoms with E-state index in [9.17, 15) is 9.59 Å². The summed E-state index contributed by atoms with van der Waals surface area (Å²) in [7, 11) is 0. The number of unbranched alkanes of at least 4 members (excludes halogenated alkanes) is 9. The minimum Gasteiger partial charge on any atom is -0.369 e. The Bertz CT molecular complexity index is 1370. The Balaban J connectivity index is 1.39. The number of benzene rings is 1. The third-order valence-electron chi connectivity index (χ3n) is 7.20. The molecule has 1 aliphatic heterocycles. The maximum atomic E-state index is 13.5. The maximum absolute atomic E-state index is 13.5. The van der Waals surface area contributed by atoms with Gasteiger partial charge >= 0.3 is 0 Å². The number of hydrogen-bond acceptors (Lipinski definition) is 6. The second-order valence-electron chi connectivity index (χ2n) is 10.3. The van der Waals surface area contributed by atoms with Crippen LogP contribution in [-0.4, -0.2) is 37.6 Å². The van der Waals surface area contributed by atoms with Gasteiger partial charge in [-0.25, -0.2) is 4.98 Å². The van der Waals surface area contributed by atoms with E-state index in [2.05, 4.69) is 24.4 Å². The van der Waals surface area contributed by atoms with Crippen LogP contribution in [0, 0.1) is 0 Å². The monoisotopic (exact) mass is 576 g/mol. The first-order chi connectivity index (χ1) is 19.6. The zero-order valence-electron chi connectivity index (χ0n) is 23.4. The zero-order chi connectivity index (χ0) is 28.2. The molecule has 1 amide bonds. The van der Waals surface area contributed by atoms with E-state index in [1.54, 1.807) is 29.3 Å². The van der Waals surface area contributed by atoms with Gasteiger partial charge in [0.25, 0.3) is 11.5 Å². The summed E-state index contributed by atoms with van der Waals surface area (Å²) in [5.41, 5.74) is 1.91. The Morgan fingerprint density at radius 1 is 0.900 bits per heavy atom. The third kappa shape index (κ3) is 8.27. The lowest BCUT2D eigenvalue weighted by atomic mass is 10.1. The maximum Gasteiger partial charge on any atom is 0.267 e. The Hall–Kier alpha value is -2.97. The van der Waals surface area contributed by atoms with Crippen LogP contribution in [0.15, 0.2) is 64.4 Å². The Labute approximate surface area is 247 Å². The number of pyridine rings is 1. The van der Waals surface area contributed by atoms with Crippen LogP contribution in [0.1, 0.15) is 82.3 Å². The van der Waals surface area contributed by atoms with Crippen LogP contribution < -0.4 is 10.9 Å². The van der Waals surface area contributed by atoms with E-state index < -0.39 is 0 Å². The average Bonchev–Trinajstić information content (AvgIpc) is 3.23. The number of nitrogens with one attached hydrogen (secondary N) is 1. The molecule has 0 aliphatic carbocycles. The highest BCUT2D eigenvalue weighted by Crippen LogP contribution is 2.33. The topological polar surface area (TPSA) is 66.7 Å². The number of thiocarbonyl (C=S) groups is 1. The number of thioether (sulfide) groups is 1. The van der Waals surface area contributed by atoms with Gasteiger partial charge in [0.2, 0.25) is 0 Å². The van der Waals surface area contributed by atoms with Gasteiger partial charge in [-0.3, -0.25) is 18.9 Å². The molecule has 8 heteroatoms. The van der Waals surface area contributed by atoms with Crippen molar-refractivity contribution in [3.63, 3.8) is 0 Å². The number of carbonyl (C=O) groups excluding carboxylic acids is 1. The number of fused-ring (bicyclic) bond motifs is 1. The van der Waals surface area contributed by atoms with Crippen molar-refractivity contribution in [2.24, 2.45) is 0 Å². The SMILES string of the molecule is CCCCCCCCCCCCN1C(=O)/C(=C\c2c(NCCc3ccccc3)nc3ccccn3c2=O)SC1=S. The molecule has 3 heterocycles. The normalized spacial score (nSPS) is 14.5. The minimum atomic E-state index is -0.215. The molecule has 0 saturated carbocycles. The summed E-state index contributed by atoms with van der Waals surface area (Å²) in [5, 5.41) is 3.34. The Morgan fingerprint density at radius 2 is 1.57 bits per heavy atom. The number of rotatable bonds is 16. The summed E-state index contributed by atoms with van der Waals surface area (Å²) < 4.78 is 2.07. The van der Waals surface area contributed by atoms with Crippen LogP contribution in [0.25, 0.3) is 11.7 Å². The van der Waals surface area contributed by atoms with Crippen LogP contribution in [0.5, 0.6) is 0 Å². The number of nitrogens with zero attached hydrogens (tertiary/aromatic N) is 3. The second-order valence-corrected chi connectivity index (χ2v) is 12.0. The average molecular weight is 577 g/mol. The molecule has 6 nitrogen and oxygen atoms in total. The largest absolute Gasteiger partial charge is 0.369 e. The number of aromatic nitrogens is 2. The quantitative estimate of drug-likeness (QED) is 0.108. The fourth-order valence-corrected chi connectivity index (χ4v) is 6.21. The van der Waals surface area contributed by atoms with E-state index in [-0.39, 0.29) is 11.5 Å². The van der Waals surface area contributed by atoms with Gasteiger partial charge in [0.15, 0.2) is 0 Å². The van der Waals surface area contributed by atoms with Gasteiger partial charge < -0.3 is 5.32 Å². The molecule has 0 spiro atoms. The molecule has 0 bridgehead atoms. The molecule has 4 rings (SSSR count). The van der Waals surface area contributed by atoms with E-state index in [4.69, 9.17) is 17.2 Å². The molecule has 1 aliphatic rings. The second kappa shape index (κ2) is 15.7. The van der Waals surface area contributed by atoms with Crippen LogP contribution >= 0.6 is 24.0 Å². The van der Waals surface area contributed by atoms with Gasteiger partial charge in [0.1, 0.15) is 15.8 Å². The first-order valence-electron chi connectivity index (χ1n) is 14.6. The van der Waals surface area contributed by atoms with E-state index in [1.807, 2.05) is 24.3 Å². The predicted octanol–water partition coefficient (Wildman–Crippen LogP) is 7.47. The van der Waals surface area contributed by atoms with Crippen LogP contribution in [0.4, 0.5) is 5.82 Å². The Morgan fingerprint density at radius 3 is 2.30 bits per heavy atom. The van der Waals surface area contributed by atoms with Crippen molar-refractivity contribution >= 4 is 51.7 Å². The summed E-state index contributed by atoms with van der Waals surface area (Å²) >= 11 is 6.83. The van der Waals surface area contributed by atoms with Crippen molar-refractivity contribution in [3.8, 4) is 0 Å². The lowest BCUT2D eigenvalue weighted by Gasteiger charge is -2.14. The van der Waals surface area contributed by atoms with Gasteiger partial charge in [0.05, 0.1) is 10.5 Å². The summed E-state index contributed by atoms with van der Waals surface area (Å²) in [6.45, 7) is 3.48. The third-order valence-corrected chi connectivity index (χ3v) is 8.58. The summed E-state index contributed by atoms with van der Waals surface area (Å²) in [4.78, 5) is 33.7. The number of amides is 1. The number of carbonyl (C=O) groups is 1. The fourth-order valence-electron chi connectivity index (χ4n) is 4.92. The first-order valence-corrected chi connectivity index (χ1v) is 15.9. The van der Waals surface area contributed by atoms with Crippen molar-refractivity contribution < 1.29 is 4.79 Å². The summed E-state index contributed by atoms with van der Waals surface area (Å²) in [6.07, 6.45) is 16.6. The van der Waals surface area contributed by atoms with Crippen LogP contribution in [0.3, 0.4) is 0 Å². The Kier molecular flexibility index (Phi) is 11.8. The zero-order valence-corrected chi connectivity index (χ0v) is 25.1. The molecule has 1 N–H and O–H groups in total. The molecule has 40 heavy (non-hydrogen) atoms. The summed E-state index contributed by atoms with van der Waals surface area (Å²) in [6, 6.07) is 15.6. The van der Waals surface area contributed by atoms with Gasteiger partial charge in [0, 0.05) is 19.3 Å². The van der Waals surface area contributed by atoms with Gasteiger partial charge in [-0.2, -0.15) is 0 Å². The number of anilines is 1. The van der Waals surface area contributed by atoms with Gasteiger partial charge in [-0.1, -0.05) is 125 Å². The van der Waals surface area contributed by atoms with Crippen LogP contribution in [-0.2, 0) is 11.2 Å². The van der Waals surface area contributed by atoms with Crippen molar-refractivity contribution in [1.29, 1.82) is 0 Å². The minimum absolute atomic E-state index is 0.126. The highest BCUT2D eigenvalue weighted by Gasteiger charge is 2.32. The molecule has 0 atom stereocenters.